The van der Waals surface area contributed by atoms with Crippen molar-refractivity contribution in [2.75, 3.05) is 10.5 Å². The molecule has 0 saturated heterocycles. The van der Waals surface area contributed by atoms with Crippen LogP contribution in [0.4, 0.5) is 20.8 Å². The summed E-state index contributed by atoms with van der Waals surface area (Å²) >= 11 is 6.16. The van der Waals surface area contributed by atoms with Gasteiger partial charge in [0.1, 0.15) is 10.0 Å². The monoisotopic (exact) mass is 351 g/mol. The summed E-state index contributed by atoms with van der Waals surface area (Å²) in [4.78, 5) is 9.86. The van der Waals surface area contributed by atoms with Gasteiger partial charge in [0.05, 0.1) is 10.6 Å². The zero-order valence-electron chi connectivity index (χ0n) is 10.0. The molecule has 1 aromatic heterocycles. The molecule has 0 saturated carbocycles. The summed E-state index contributed by atoms with van der Waals surface area (Å²) in [6.07, 6.45) is 0. The maximum absolute atomic E-state index is 13.5. The number of benzene rings is 1. The van der Waals surface area contributed by atoms with Crippen molar-refractivity contribution in [2.45, 2.75) is 4.21 Å². The summed E-state index contributed by atoms with van der Waals surface area (Å²) in [5, 5.41) is 10.5. The molecule has 0 atom stereocenters. The van der Waals surface area contributed by atoms with E-state index < -0.39 is 30.7 Å². The zero-order chi connectivity index (χ0) is 15.8. The van der Waals surface area contributed by atoms with Gasteiger partial charge in [-0.15, -0.1) is 0 Å². The molecule has 0 spiro atoms. The number of hydrogen-bond acceptors (Lipinski definition) is 6. The molecule has 21 heavy (non-hydrogen) atoms. The molecule has 0 aliphatic rings. The number of halogens is 2. The van der Waals surface area contributed by atoms with Crippen molar-refractivity contribution in [1.82, 2.24) is 0 Å². The van der Waals surface area contributed by atoms with Crippen LogP contribution >= 0.6 is 22.9 Å². The van der Waals surface area contributed by atoms with Crippen molar-refractivity contribution in [3.63, 3.8) is 0 Å². The number of thiophene rings is 1. The van der Waals surface area contributed by atoms with E-state index in [9.17, 15) is 22.9 Å². The fourth-order valence-electron chi connectivity index (χ4n) is 1.42. The number of anilines is 2. The van der Waals surface area contributed by atoms with Crippen LogP contribution in [0.5, 0.6) is 0 Å². The van der Waals surface area contributed by atoms with E-state index in [1.165, 1.54) is 6.07 Å². The largest absolute Gasteiger partial charge is 0.385 e. The van der Waals surface area contributed by atoms with Crippen LogP contribution in [0.3, 0.4) is 0 Å². The van der Waals surface area contributed by atoms with E-state index in [4.69, 9.17) is 17.3 Å². The standard InChI is InChI=1S/C10H7ClFN3O4S2/c11-5-1-2-6(12)7(3-5)14-21(18,19)9-4-8(15(16)17)10(13)20-9/h1-4,14H,13H2. The second-order valence-corrected chi connectivity index (χ2v) is 7.23. The predicted molar refractivity (Wildman–Crippen MR) is 77.6 cm³/mol. The number of nitrogen functional groups attached to an aromatic ring is 1. The Bertz CT molecular complexity index is 822. The van der Waals surface area contributed by atoms with Crippen LogP contribution in [0, 0.1) is 15.9 Å². The highest BCUT2D eigenvalue weighted by Crippen LogP contribution is 2.35. The van der Waals surface area contributed by atoms with E-state index in [1.54, 1.807) is 0 Å². The molecule has 0 aliphatic heterocycles. The second kappa shape index (κ2) is 5.47. The van der Waals surface area contributed by atoms with Gasteiger partial charge in [-0.1, -0.05) is 22.9 Å². The highest BCUT2D eigenvalue weighted by molar-refractivity contribution is 7.94. The van der Waals surface area contributed by atoms with E-state index in [0.717, 1.165) is 18.2 Å². The summed E-state index contributed by atoms with van der Waals surface area (Å²) < 4.78 is 39.2. The summed E-state index contributed by atoms with van der Waals surface area (Å²) in [6.45, 7) is 0. The van der Waals surface area contributed by atoms with Crippen molar-refractivity contribution < 1.29 is 17.7 Å². The van der Waals surface area contributed by atoms with Crippen molar-refractivity contribution in [3.8, 4) is 0 Å². The number of rotatable bonds is 4. The normalized spacial score (nSPS) is 11.3. The highest BCUT2D eigenvalue weighted by atomic mass is 35.5. The molecule has 11 heteroatoms. The molecule has 2 aromatic rings. The van der Waals surface area contributed by atoms with Gasteiger partial charge >= 0.3 is 5.69 Å². The second-order valence-electron chi connectivity index (χ2n) is 3.80. The van der Waals surface area contributed by atoms with Gasteiger partial charge in [0.2, 0.25) is 0 Å². The lowest BCUT2D eigenvalue weighted by Gasteiger charge is -2.07. The van der Waals surface area contributed by atoms with Crippen LogP contribution in [-0.2, 0) is 10.0 Å². The van der Waals surface area contributed by atoms with Crippen LogP contribution in [0.1, 0.15) is 0 Å². The molecule has 112 valence electrons. The zero-order valence-corrected chi connectivity index (χ0v) is 12.4. The van der Waals surface area contributed by atoms with Gasteiger partial charge in [-0.25, -0.2) is 12.8 Å². The smallest absolute Gasteiger partial charge is 0.304 e. The van der Waals surface area contributed by atoms with Crippen LogP contribution in [-0.4, -0.2) is 13.3 Å². The van der Waals surface area contributed by atoms with Crippen molar-refractivity contribution in [2.24, 2.45) is 0 Å². The average molecular weight is 352 g/mol. The SMILES string of the molecule is Nc1sc(S(=O)(=O)Nc2cc(Cl)ccc2F)cc1[N+](=O)[O-]. The van der Waals surface area contributed by atoms with Crippen molar-refractivity contribution in [1.29, 1.82) is 0 Å². The number of hydrogen-bond donors (Lipinski definition) is 2. The lowest BCUT2D eigenvalue weighted by Crippen LogP contribution is -2.12. The highest BCUT2D eigenvalue weighted by Gasteiger charge is 2.25. The molecule has 1 aromatic carbocycles. The molecule has 2 rings (SSSR count). The first-order valence-electron chi connectivity index (χ1n) is 5.22. The van der Waals surface area contributed by atoms with Crippen LogP contribution in [0.25, 0.3) is 0 Å². The quantitative estimate of drug-likeness (QED) is 0.649. The average Bonchev–Trinajstić information content (AvgIpc) is 2.77. The fourth-order valence-corrected chi connectivity index (χ4v) is 3.86. The van der Waals surface area contributed by atoms with E-state index in [0.29, 0.717) is 11.3 Å². The number of nitro groups is 1. The minimum Gasteiger partial charge on any atom is -0.385 e. The topological polar surface area (TPSA) is 115 Å². The third kappa shape index (κ3) is 3.23. The molecular formula is C10H7ClFN3O4S2. The van der Waals surface area contributed by atoms with Crippen molar-refractivity contribution in [3.05, 3.63) is 45.2 Å². The van der Waals surface area contributed by atoms with Gasteiger partial charge in [-0.2, -0.15) is 0 Å². The first kappa shape index (κ1) is 15.5. The molecule has 0 fully saturated rings. The maximum atomic E-state index is 13.5. The number of sulfonamides is 1. The minimum absolute atomic E-state index is 0.130. The first-order valence-corrected chi connectivity index (χ1v) is 7.90. The Balaban J connectivity index is 2.41. The molecule has 0 radical (unpaired) electrons. The summed E-state index contributed by atoms with van der Waals surface area (Å²) in [6, 6.07) is 4.14. The van der Waals surface area contributed by atoms with Gasteiger partial charge < -0.3 is 5.73 Å². The first-order chi connectivity index (χ1) is 9.70. The Hall–Kier alpha value is -1.91. The number of nitrogens with zero attached hydrogens (tertiary/aromatic N) is 1. The summed E-state index contributed by atoms with van der Waals surface area (Å²) in [5.74, 6) is -0.831. The van der Waals surface area contributed by atoms with E-state index in [1.807, 2.05) is 4.72 Å². The van der Waals surface area contributed by atoms with Crippen LogP contribution in [0.15, 0.2) is 28.5 Å². The predicted octanol–water partition coefficient (Wildman–Crippen LogP) is 2.83. The fraction of sp³-hybridized carbons (Fsp3) is 0. The minimum atomic E-state index is -4.20. The van der Waals surface area contributed by atoms with E-state index in [2.05, 4.69) is 0 Å². The molecule has 0 amide bonds. The number of nitrogens with two attached hydrogens (primary N) is 1. The molecule has 0 unspecified atom stereocenters. The molecule has 1 heterocycles. The Morgan fingerprint density at radius 1 is 1.38 bits per heavy atom. The molecule has 3 N–H and O–H groups in total. The van der Waals surface area contributed by atoms with E-state index in [-0.39, 0.29) is 15.7 Å². The van der Waals surface area contributed by atoms with Crippen LogP contribution < -0.4 is 10.5 Å². The van der Waals surface area contributed by atoms with Gasteiger partial charge in [-0.05, 0) is 18.2 Å². The lowest BCUT2D eigenvalue weighted by molar-refractivity contribution is -0.383. The molecule has 0 bridgehead atoms. The van der Waals surface area contributed by atoms with Gasteiger partial charge in [0.15, 0.2) is 5.00 Å². The summed E-state index contributed by atoms with van der Waals surface area (Å²) in [5.41, 5.74) is 4.49. The van der Waals surface area contributed by atoms with Crippen LogP contribution in [0.2, 0.25) is 5.02 Å². The lowest BCUT2D eigenvalue weighted by atomic mass is 10.3. The Labute approximate surface area is 127 Å². The van der Waals surface area contributed by atoms with Crippen molar-refractivity contribution >= 4 is 49.3 Å². The van der Waals surface area contributed by atoms with Gasteiger partial charge in [0, 0.05) is 11.1 Å². The third-order valence-corrected chi connectivity index (χ3v) is 5.38. The molecule has 7 nitrogen and oxygen atoms in total. The van der Waals surface area contributed by atoms with Gasteiger partial charge in [-0.3, -0.25) is 14.8 Å². The molecule has 0 aliphatic carbocycles. The summed E-state index contributed by atoms with van der Waals surface area (Å²) in [7, 11) is -4.20. The molecular weight excluding hydrogens is 345 g/mol. The maximum Gasteiger partial charge on any atom is 0.304 e. The Morgan fingerprint density at radius 3 is 2.62 bits per heavy atom. The number of nitrogens with one attached hydrogen (secondary N) is 1. The van der Waals surface area contributed by atoms with Gasteiger partial charge in [0.25, 0.3) is 10.0 Å². The Morgan fingerprint density at radius 2 is 2.05 bits per heavy atom. The Kier molecular flexibility index (Phi) is 4.03. The third-order valence-electron chi connectivity index (χ3n) is 2.35. The van der Waals surface area contributed by atoms with E-state index >= 15 is 0 Å².